The van der Waals surface area contributed by atoms with Crippen molar-refractivity contribution in [1.29, 1.82) is 0 Å². The standard InChI is InChI=1S/C16H19ClN2O2S/c1-12-5-8-15(10-16(12)17)22(20,21)19(13-6-7-13)11-14-4-3-9-18(14)2/h3-5,8-10,13H,6-7,11H2,1-2H3. The first-order valence-corrected chi connectivity index (χ1v) is 9.09. The molecule has 1 aromatic carbocycles. The van der Waals surface area contributed by atoms with Crippen molar-refractivity contribution in [2.24, 2.45) is 7.05 Å². The molecule has 0 aliphatic heterocycles. The molecule has 0 saturated heterocycles. The summed E-state index contributed by atoms with van der Waals surface area (Å²) >= 11 is 6.10. The summed E-state index contributed by atoms with van der Waals surface area (Å²) in [5, 5.41) is 0.482. The molecule has 3 rings (SSSR count). The SMILES string of the molecule is Cc1ccc(S(=O)(=O)N(Cc2cccn2C)C2CC2)cc1Cl. The Morgan fingerprint density at radius 2 is 2.05 bits per heavy atom. The van der Waals surface area contributed by atoms with Crippen molar-refractivity contribution in [3.63, 3.8) is 0 Å². The number of hydrogen-bond donors (Lipinski definition) is 0. The Morgan fingerprint density at radius 3 is 2.59 bits per heavy atom. The van der Waals surface area contributed by atoms with E-state index in [9.17, 15) is 8.42 Å². The average molecular weight is 339 g/mol. The van der Waals surface area contributed by atoms with Crippen molar-refractivity contribution in [2.75, 3.05) is 0 Å². The highest BCUT2D eigenvalue weighted by molar-refractivity contribution is 7.89. The van der Waals surface area contributed by atoms with E-state index in [0.29, 0.717) is 11.6 Å². The van der Waals surface area contributed by atoms with Gasteiger partial charge in [0.1, 0.15) is 0 Å². The van der Waals surface area contributed by atoms with E-state index in [4.69, 9.17) is 11.6 Å². The average Bonchev–Trinajstić information content (AvgIpc) is 3.22. The molecule has 1 aromatic heterocycles. The third kappa shape index (κ3) is 2.93. The van der Waals surface area contributed by atoms with Crippen molar-refractivity contribution in [2.45, 2.75) is 37.2 Å². The number of halogens is 1. The van der Waals surface area contributed by atoms with Crippen LogP contribution in [0.1, 0.15) is 24.1 Å². The molecular weight excluding hydrogens is 320 g/mol. The monoisotopic (exact) mass is 338 g/mol. The van der Waals surface area contributed by atoms with E-state index in [1.165, 1.54) is 0 Å². The topological polar surface area (TPSA) is 42.3 Å². The van der Waals surface area contributed by atoms with E-state index in [1.807, 2.05) is 36.9 Å². The fourth-order valence-corrected chi connectivity index (χ4v) is 4.39. The van der Waals surface area contributed by atoms with Crippen molar-refractivity contribution in [3.8, 4) is 0 Å². The number of hydrogen-bond acceptors (Lipinski definition) is 2. The Bertz CT molecular complexity index is 794. The van der Waals surface area contributed by atoms with Crippen molar-refractivity contribution >= 4 is 21.6 Å². The summed E-state index contributed by atoms with van der Waals surface area (Å²) in [6.45, 7) is 2.25. The Balaban J connectivity index is 1.96. The van der Waals surface area contributed by atoms with Gasteiger partial charge in [-0.25, -0.2) is 8.42 Å². The molecule has 6 heteroatoms. The fraction of sp³-hybridized carbons (Fsp3) is 0.375. The molecule has 0 amide bonds. The fourth-order valence-electron chi connectivity index (χ4n) is 2.46. The molecule has 0 radical (unpaired) electrons. The van der Waals surface area contributed by atoms with Gasteiger partial charge in [-0.05, 0) is 49.6 Å². The number of rotatable bonds is 5. The highest BCUT2D eigenvalue weighted by atomic mass is 35.5. The van der Waals surface area contributed by atoms with E-state index in [2.05, 4.69) is 0 Å². The minimum atomic E-state index is -3.53. The summed E-state index contributed by atoms with van der Waals surface area (Å²) in [6, 6.07) is 8.91. The molecule has 0 atom stereocenters. The van der Waals surface area contributed by atoms with Crippen LogP contribution in [0.2, 0.25) is 5.02 Å². The molecule has 118 valence electrons. The van der Waals surface area contributed by atoms with Gasteiger partial charge in [-0.3, -0.25) is 0 Å². The third-order valence-corrected chi connectivity index (χ3v) is 6.37. The maximum absolute atomic E-state index is 13.0. The summed E-state index contributed by atoms with van der Waals surface area (Å²) in [7, 11) is -1.61. The van der Waals surface area contributed by atoms with Crippen LogP contribution in [0.3, 0.4) is 0 Å². The molecular formula is C16H19ClN2O2S. The molecule has 0 N–H and O–H groups in total. The number of benzene rings is 1. The highest BCUT2D eigenvalue weighted by Crippen LogP contribution is 2.34. The summed E-state index contributed by atoms with van der Waals surface area (Å²) in [5.74, 6) is 0. The first-order chi connectivity index (χ1) is 10.4. The van der Waals surface area contributed by atoms with E-state index in [-0.39, 0.29) is 10.9 Å². The second-order valence-electron chi connectivity index (χ2n) is 5.80. The largest absolute Gasteiger partial charge is 0.353 e. The molecule has 1 aliphatic rings. The molecule has 0 spiro atoms. The Morgan fingerprint density at radius 1 is 1.32 bits per heavy atom. The second-order valence-corrected chi connectivity index (χ2v) is 8.10. The van der Waals surface area contributed by atoms with E-state index < -0.39 is 10.0 Å². The summed E-state index contributed by atoms with van der Waals surface area (Å²) < 4.78 is 29.5. The van der Waals surface area contributed by atoms with Gasteiger partial charge in [-0.15, -0.1) is 0 Å². The molecule has 0 unspecified atom stereocenters. The zero-order valence-corrected chi connectivity index (χ0v) is 14.2. The lowest BCUT2D eigenvalue weighted by molar-refractivity contribution is 0.390. The van der Waals surface area contributed by atoms with Crippen LogP contribution in [-0.2, 0) is 23.6 Å². The van der Waals surface area contributed by atoms with Crippen LogP contribution in [0.25, 0.3) is 0 Å². The van der Waals surface area contributed by atoms with Gasteiger partial charge < -0.3 is 4.57 Å². The minimum absolute atomic E-state index is 0.0972. The van der Waals surface area contributed by atoms with Crippen LogP contribution in [-0.4, -0.2) is 23.3 Å². The van der Waals surface area contributed by atoms with Crippen LogP contribution in [0.15, 0.2) is 41.4 Å². The Kier molecular flexibility index (Phi) is 4.05. The lowest BCUT2D eigenvalue weighted by Crippen LogP contribution is -2.33. The lowest BCUT2D eigenvalue weighted by Gasteiger charge is -2.22. The van der Waals surface area contributed by atoms with Crippen molar-refractivity contribution in [1.82, 2.24) is 8.87 Å². The first kappa shape index (κ1) is 15.6. The molecule has 4 nitrogen and oxygen atoms in total. The number of sulfonamides is 1. The minimum Gasteiger partial charge on any atom is -0.353 e. The van der Waals surface area contributed by atoms with Crippen LogP contribution in [0, 0.1) is 6.92 Å². The normalized spacial score (nSPS) is 15.5. The van der Waals surface area contributed by atoms with Gasteiger partial charge in [-0.2, -0.15) is 4.31 Å². The molecule has 1 saturated carbocycles. The predicted molar refractivity (Wildman–Crippen MR) is 87.4 cm³/mol. The van der Waals surface area contributed by atoms with Gasteiger partial charge in [0.05, 0.1) is 11.4 Å². The van der Waals surface area contributed by atoms with Gasteiger partial charge in [0.15, 0.2) is 0 Å². The summed E-state index contributed by atoms with van der Waals surface area (Å²) in [4.78, 5) is 0.268. The van der Waals surface area contributed by atoms with Crippen molar-refractivity contribution in [3.05, 3.63) is 52.8 Å². The Hall–Kier alpha value is -1.30. The van der Waals surface area contributed by atoms with Crippen LogP contribution in [0.5, 0.6) is 0 Å². The maximum Gasteiger partial charge on any atom is 0.243 e. The second kappa shape index (κ2) is 5.72. The highest BCUT2D eigenvalue weighted by Gasteiger charge is 2.38. The van der Waals surface area contributed by atoms with Gasteiger partial charge in [-0.1, -0.05) is 17.7 Å². The van der Waals surface area contributed by atoms with Gasteiger partial charge >= 0.3 is 0 Å². The number of aryl methyl sites for hydroxylation is 2. The Labute approximate surface area is 136 Å². The van der Waals surface area contributed by atoms with Crippen LogP contribution < -0.4 is 0 Å². The van der Waals surface area contributed by atoms with E-state index >= 15 is 0 Å². The number of aromatic nitrogens is 1. The van der Waals surface area contributed by atoms with Crippen LogP contribution >= 0.6 is 11.6 Å². The smallest absolute Gasteiger partial charge is 0.243 e. The predicted octanol–water partition coefficient (Wildman–Crippen LogP) is 3.34. The summed E-state index contributed by atoms with van der Waals surface area (Å²) in [5.41, 5.74) is 1.86. The first-order valence-electron chi connectivity index (χ1n) is 7.28. The zero-order chi connectivity index (χ0) is 15.9. The van der Waals surface area contributed by atoms with Gasteiger partial charge in [0.25, 0.3) is 0 Å². The van der Waals surface area contributed by atoms with Crippen molar-refractivity contribution < 1.29 is 8.42 Å². The molecule has 1 heterocycles. The lowest BCUT2D eigenvalue weighted by atomic mass is 10.2. The number of nitrogens with zero attached hydrogens (tertiary/aromatic N) is 2. The molecule has 0 bridgehead atoms. The van der Waals surface area contributed by atoms with Crippen LogP contribution in [0.4, 0.5) is 0 Å². The third-order valence-electron chi connectivity index (χ3n) is 4.07. The van der Waals surface area contributed by atoms with Gasteiger partial charge in [0.2, 0.25) is 10.0 Å². The van der Waals surface area contributed by atoms with Gasteiger partial charge in [0, 0.05) is 30.0 Å². The van der Waals surface area contributed by atoms with E-state index in [0.717, 1.165) is 24.1 Å². The molecule has 22 heavy (non-hydrogen) atoms. The molecule has 1 fully saturated rings. The summed E-state index contributed by atoms with van der Waals surface area (Å²) in [6.07, 6.45) is 3.77. The quantitative estimate of drug-likeness (QED) is 0.839. The maximum atomic E-state index is 13.0. The molecule has 2 aromatic rings. The van der Waals surface area contributed by atoms with E-state index in [1.54, 1.807) is 22.5 Å². The zero-order valence-electron chi connectivity index (χ0n) is 12.7. The molecule has 1 aliphatic carbocycles.